The molecule has 0 spiro atoms. The highest BCUT2D eigenvalue weighted by Gasteiger charge is 2.20. The molecule has 1 saturated heterocycles. The number of nitrogens with zero attached hydrogens (tertiary/aromatic N) is 2. The third-order valence-electron chi connectivity index (χ3n) is 3.20. The molecule has 1 fully saturated rings. The maximum absolute atomic E-state index is 4.37. The lowest BCUT2D eigenvalue weighted by Crippen LogP contribution is -2.29. The number of anilines is 1. The molecule has 0 aromatic carbocycles. The summed E-state index contributed by atoms with van der Waals surface area (Å²) in [6.45, 7) is 1.21. The summed E-state index contributed by atoms with van der Waals surface area (Å²) in [5.74, 6) is 0.942. The normalized spacial score (nSPS) is 22.7. The summed E-state index contributed by atoms with van der Waals surface area (Å²) >= 11 is 0. The number of rotatable bonds is 2. The lowest BCUT2D eigenvalue weighted by atomic mass is 9.97. The third-order valence-corrected chi connectivity index (χ3v) is 3.20. The molecule has 1 aromatic heterocycles. The van der Waals surface area contributed by atoms with Crippen LogP contribution in [0.4, 0.5) is 5.82 Å². The first-order chi connectivity index (χ1) is 7.31. The van der Waals surface area contributed by atoms with Gasteiger partial charge in [0.25, 0.3) is 0 Å². The molecule has 1 aliphatic rings. The van der Waals surface area contributed by atoms with E-state index in [0.29, 0.717) is 6.04 Å². The van der Waals surface area contributed by atoms with Crippen molar-refractivity contribution in [3.63, 3.8) is 0 Å². The van der Waals surface area contributed by atoms with E-state index in [4.69, 9.17) is 0 Å². The number of aromatic nitrogens is 1. The average Bonchev–Trinajstić information content (AvgIpc) is 2.30. The Labute approximate surface area is 91.5 Å². The van der Waals surface area contributed by atoms with Crippen molar-refractivity contribution in [2.75, 3.05) is 26.0 Å². The Morgan fingerprint density at radius 2 is 2.27 bits per heavy atom. The van der Waals surface area contributed by atoms with E-state index in [1.54, 1.807) is 0 Å². The van der Waals surface area contributed by atoms with Crippen LogP contribution in [-0.4, -0.2) is 30.5 Å². The summed E-state index contributed by atoms with van der Waals surface area (Å²) in [5, 5.41) is 3.04. The molecule has 1 aliphatic heterocycles. The number of hydrogen-bond donors (Lipinski definition) is 1. The maximum Gasteiger partial charge on any atom is 0.125 e. The van der Waals surface area contributed by atoms with Crippen LogP contribution in [0.5, 0.6) is 0 Å². The van der Waals surface area contributed by atoms with Crippen LogP contribution in [-0.2, 0) is 0 Å². The van der Waals surface area contributed by atoms with Gasteiger partial charge in [0.1, 0.15) is 5.82 Å². The fourth-order valence-electron chi connectivity index (χ4n) is 2.25. The zero-order valence-electron chi connectivity index (χ0n) is 9.53. The molecular weight excluding hydrogens is 186 g/mol. The molecule has 1 N–H and O–H groups in total. The topological polar surface area (TPSA) is 28.2 Å². The van der Waals surface area contributed by atoms with E-state index in [0.717, 1.165) is 5.82 Å². The van der Waals surface area contributed by atoms with E-state index in [2.05, 4.69) is 34.4 Å². The fraction of sp³-hybridized carbons (Fsp3) is 0.583. The summed E-state index contributed by atoms with van der Waals surface area (Å²) < 4.78 is 0. The van der Waals surface area contributed by atoms with Gasteiger partial charge in [0.15, 0.2) is 0 Å². The summed E-state index contributed by atoms with van der Waals surface area (Å²) in [4.78, 5) is 6.80. The van der Waals surface area contributed by atoms with Crippen LogP contribution < -0.4 is 5.32 Å². The van der Waals surface area contributed by atoms with Crippen molar-refractivity contribution < 1.29 is 0 Å². The van der Waals surface area contributed by atoms with Gasteiger partial charge in [-0.3, -0.25) is 4.90 Å². The number of hydrogen-bond acceptors (Lipinski definition) is 3. The number of piperidine rings is 1. The molecule has 82 valence electrons. The monoisotopic (exact) mass is 205 g/mol. The van der Waals surface area contributed by atoms with E-state index in [9.17, 15) is 0 Å². The molecule has 3 nitrogen and oxygen atoms in total. The minimum atomic E-state index is 0.567. The molecule has 0 unspecified atom stereocenters. The first kappa shape index (κ1) is 10.4. The largest absolute Gasteiger partial charge is 0.373 e. The third kappa shape index (κ3) is 2.29. The Kier molecular flexibility index (Phi) is 3.21. The van der Waals surface area contributed by atoms with E-state index in [1.807, 2.05) is 13.2 Å². The van der Waals surface area contributed by atoms with Crippen LogP contribution in [0.1, 0.15) is 30.9 Å². The van der Waals surface area contributed by atoms with Gasteiger partial charge in [0.05, 0.1) is 0 Å². The first-order valence-electron chi connectivity index (χ1n) is 5.65. The highest BCUT2D eigenvalue weighted by atomic mass is 15.1. The molecule has 2 rings (SSSR count). The molecule has 0 amide bonds. The molecule has 0 radical (unpaired) electrons. The number of nitrogens with one attached hydrogen (secondary N) is 1. The number of likely N-dealkylation sites (tertiary alicyclic amines) is 1. The minimum Gasteiger partial charge on any atom is -0.373 e. The van der Waals surface area contributed by atoms with Gasteiger partial charge < -0.3 is 5.32 Å². The molecule has 0 aliphatic carbocycles. The molecule has 0 saturated carbocycles. The Hall–Kier alpha value is -1.09. The van der Waals surface area contributed by atoms with Gasteiger partial charge in [-0.15, -0.1) is 0 Å². The van der Waals surface area contributed by atoms with Gasteiger partial charge in [0.2, 0.25) is 0 Å². The molecule has 0 bridgehead atoms. The van der Waals surface area contributed by atoms with Crippen LogP contribution >= 0.6 is 0 Å². The second-order valence-electron chi connectivity index (χ2n) is 4.22. The lowest BCUT2D eigenvalue weighted by Gasteiger charge is -2.32. The maximum atomic E-state index is 4.37. The highest BCUT2D eigenvalue weighted by molar-refractivity contribution is 5.35. The zero-order valence-corrected chi connectivity index (χ0v) is 9.53. The zero-order chi connectivity index (χ0) is 10.7. The average molecular weight is 205 g/mol. The molecule has 3 heteroatoms. The van der Waals surface area contributed by atoms with Crippen molar-refractivity contribution in [2.24, 2.45) is 0 Å². The highest BCUT2D eigenvalue weighted by Crippen LogP contribution is 2.29. The minimum absolute atomic E-state index is 0.567. The van der Waals surface area contributed by atoms with Crippen molar-refractivity contribution in [2.45, 2.75) is 25.3 Å². The van der Waals surface area contributed by atoms with E-state index in [-0.39, 0.29) is 0 Å². The molecule has 2 heterocycles. The van der Waals surface area contributed by atoms with Gasteiger partial charge >= 0.3 is 0 Å². The van der Waals surface area contributed by atoms with Crippen LogP contribution in [0.25, 0.3) is 0 Å². The van der Waals surface area contributed by atoms with Gasteiger partial charge in [-0.1, -0.05) is 12.5 Å². The van der Waals surface area contributed by atoms with Gasteiger partial charge in [-0.2, -0.15) is 0 Å². The van der Waals surface area contributed by atoms with Crippen LogP contribution in [0, 0.1) is 0 Å². The summed E-state index contributed by atoms with van der Waals surface area (Å²) in [7, 11) is 4.10. The van der Waals surface area contributed by atoms with Crippen LogP contribution in [0.2, 0.25) is 0 Å². The summed E-state index contributed by atoms with van der Waals surface area (Å²) in [6.07, 6.45) is 5.92. The molecule has 1 aromatic rings. The predicted molar refractivity (Wildman–Crippen MR) is 63.0 cm³/mol. The second kappa shape index (κ2) is 4.62. The first-order valence-corrected chi connectivity index (χ1v) is 5.65. The van der Waals surface area contributed by atoms with Crippen molar-refractivity contribution >= 4 is 5.82 Å². The van der Waals surface area contributed by atoms with Gasteiger partial charge in [-0.25, -0.2) is 4.98 Å². The summed E-state index contributed by atoms with van der Waals surface area (Å²) in [6, 6.07) is 4.81. The van der Waals surface area contributed by atoms with Gasteiger partial charge in [-0.05, 0) is 38.1 Å². The second-order valence-corrected chi connectivity index (χ2v) is 4.22. The quantitative estimate of drug-likeness (QED) is 0.803. The van der Waals surface area contributed by atoms with Crippen LogP contribution in [0.3, 0.4) is 0 Å². The van der Waals surface area contributed by atoms with Crippen molar-refractivity contribution in [1.82, 2.24) is 9.88 Å². The van der Waals surface area contributed by atoms with E-state index < -0.39 is 0 Å². The SMILES string of the molecule is CNc1ccc([C@@H]2CCCCN2C)cn1. The lowest BCUT2D eigenvalue weighted by molar-refractivity contribution is 0.187. The predicted octanol–water partition coefficient (Wildman–Crippen LogP) is 2.28. The molecular formula is C12H19N3. The van der Waals surface area contributed by atoms with Gasteiger partial charge in [0, 0.05) is 19.3 Å². The van der Waals surface area contributed by atoms with E-state index in [1.165, 1.54) is 31.4 Å². The van der Waals surface area contributed by atoms with Crippen molar-refractivity contribution in [3.05, 3.63) is 23.9 Å². The van der Waals surface area contributed by atoms with Crippen molar-refractivity contribution in [1.29, 1.82) is 0 Å². The Morgan fingerprint density at radius 1 is 1.40 bits per heavy atom. The fourth-order valence-corrected chi connectivity index (χ4v) is 2.25. The Morgan fingerprint density at radius 3 is 2.87 bits per heavy atom. The van der Waals surface area contributed by atoms with E-state index >= 15 is 0 Å². The smallest absolute Gasteiger partial charge is 0.125 e. The Bertz CT molecular complexity index is 307. The van der Waals surface area contributed by atoms with Crippen LogP contribution in [0.15, 0.2) is 18.3 Å². The number of pyridine rings is 1. The molecule has 1 atom stereocenters. The Balaban J connectivity index is 2.13. The summed E-state index contributed by atoms with van der Waals surface area (Å²) in [5.41, 5.74) is 1.34. The molecule has 15 heavy (non-hydrogen) atoms. The van der Waals surface area contributed by atoms with Crippen molar-refractivity contribution in [3.8, 4) is 0 Å². The standard InChI is InChI=1S/C12H19N3/c1-13-12-7-6-10(9-14-12)11-5-3-4-8-15(11)2/h6-7,9,11H,3-5,8H2,1-2H3,(H,13,14)/t11-/m0/s1.